The van der Waals surface area contributed by atoms with Crippen LogP contribution in [0.2, 0.25) is 0 Å². The van der Waals surface area contributed by atoms with Crippen molar-refractivity contribution in [1.29, 1.82) is 0 Å². The lowest BCUT2D eigenvalue weighted by Gasteiger charge is -2.11. The van der Waals surface area contributed by atoms with Crippen LogP contribution in [0.15, 0.2) is 54.6 Å². The summed E-state index contributed by atoms with van der Waals surface area (Å²) < 4.78 is 9.68. The first-order valence-electron chi connectivity index (χ1n) is 5.64. The number of methoxy groups -OCH3 is 1. The average molecular weight is 242 g/mol. The molecule has 2 aliphatic heterocycles. The first kappa shape index (κ1) is 12.2. The highest BCUT2D eigenvalue weighted by Crippen LogP contribution is 2.19. The number of carbonyl (C=O) groups excluding carboxylic acids is 1. The first-order valence-corrected chi connectivity index (χ1v) is 5.64. The SMILES string of the molecule is COC(=O)c1ccccc1.c1cc2ccc1CO2. The number of rotatable bonds is 1. The van der Waals surface area contributed by atoms with Crippen molar-refractivity contribution in [3.8, 4) is 5.75 Å². The quantitative estimate of drug-likeness (QED) is 0.721. The van der Waals surface area contributed by atoms with Gasteiger partial charge in [0.1, 0.15) is 12.4 Å². The van der Waals surface area contributed by atoms with Crippen molar-refractivity contribution in [2.75, 3.05) is 7.11 Å². The van der Waals surface area contributed by atoms with Crippen molar-refractivity contribution in [3.63, 3.8) is 0 Å². The summed E-state index contributed by atoms with van der Waals surface area (Å²) in [7, 11) is 1.37. The van der Waals surface area contributed by atoms with E-state index in [2.05, 4.69) is 16.9 Å². The molecule has 0 saturated heterocycles. The van der Waals surface area contributed by atoms with Gasteiger partial charge >= 0.3 is 5.97 Å². The molecule has 0 atom stereocenters. The summed E-state index contributed by atoms with van der Waals surface area (Å²) in [5.74, 6) is 0.695. The van der Waals surface area contributed by atoms with Crippen LogP contribution in [0.25, 0.3) is 0 Å². The number of hydrogen-bond acceptors (Lipinski definition) is 3. The van der Waals surface area contributed by atoms with Gasteiger partial charge < -0.3 is 9.47 Å². The van der Waals surface area contributed by atoms with Crippen molar-refractivity contribution >= 4 is 5.97 Å². The van der Waals surface area contributed by atoms with E-state index in [9.17, 15) is 4.79 Å². The van der Waals surface area contributed by atoms with Crippen LogP contribution in [-0.4, -0.2) is 13.1 Å². The molecule has 0 radical (unpaired) electrons. The van der Waals surface area contributed by atoms with Crippen molar-refractivity contribution < 1.29 is 14.3 Å². The Labute approximate surface area is 106 Å². The fourth-order valence-electron chi connectivity index (χ4n) is 1.54. The Morgan fingerprint density at radius 1 is 1.06 bits per heavy atom. The second-order valence-corrected chi connectivity index (χ2v) is 3.79. The summed E-state index contributed by atoms with van der Waals surface area (Å²) >= 11 is 0. The molecule has 2 aromatic rings. The van der Waals surface area contributed by atoms with Crippen LogP contribution in [0.1, 0.15) is 15.9 Å². The number of benzene rings is 2. The molecule has 0 spiro atoms. The lowest BCUT2D eigenvalue weighted by Crippen LogP contribution is -2.00. The number of hydrogen-bond donors (Lipinski definition) is 0. The van der Waals surface area contributed by atoms with Crippen LogP contribution >= 0.6 is 0 Å². The van der Waals surface area contributed by atoms with Crippen LogP contribution in [0.5, 0.6) is 5.75 Å². The zero-order chi connectivity index (χ0) is 12.8. The van der Waals surface area contributed by atoms with Gasteiger partial charge in [-0.3, -0.25) is 0 Å². The van der Waals surface area contributed by atoms with Gasteiger partial charge in [-0.1, -0.05) is 30.3 Å². The van der Waals surface area contributed by atoms with Crippen LogP contribution in [0.3, 0.4) is 0 Å². The van der Waals surface area contributed by atoms with E-state index < -0.39 is 0 Å². The monoisotopic (exact) mass is 242 g/mol. The molecule has 92 valence electrons. The fraction of sp³-hybridized carbons (Fsp3) is 0.133. The van der Waals surface area contributed by atoms with Crippen LogP contribution in [-0.2, 0) is 11.3 Å². The number of fused-ring (bicyclic) bond motifs is 3. The summed E-state index contributed by atoms with van der Waals surface area (Å²) in [6.45, 7) is 0.766. The zero-order valence-electron chi connectivity index (χ0n) is 10.1. The minimum Gasteiger partial charge on any atom is -0.489 e. The Hall–Kier alpha value is -2.29. The van der Waals surface area contributed by atoms with E-state index in [0.29, 0.717) is 5.56 Å². The lowest BCUT2D eigenvalue weighted by atomic mass is 10.2. The van der Waals surface area contributed by atoms with Crippen molar-refractivity contribution in [2.24, 2.45) is 0 Å². The fourth-order valence-corrected chi connectivity index (χ4v) is 1.54. The van der Waals surface area contributed by atoms with Gasteiger partial charge in [0.25, 0.3) is 0 Å². The molecule has 0 saturated carbocycles. The summed E-state index contributed by atoms with van der Waals surface area (Å²) in [5, 5.41) is 0. The van der Waals surface area contributed by atoms with E-state index in [4.69, 9.17) is 4.74 Å². The van der Waals surface area contributed by atoms with E-state index in [0.717, 1.165) is 12.4 Å². The molecule has 0 amide bonds. The van der Waals surface area contributed by atoms with Gasteiger partial charge in [-0.15, -0.1) is 0 Å². The van der Waals surface area contributed by atoms with E-state index in [1.807, 2.05) is 18.2 Å². The minimum absolute atomic E-state index is 0.291. The highest BCUT2D eigenvalue weighted by Gasteiger charge is 2.01. The highest BCUT2D eigenvalue weighted by molar-refractivity contribution is 5.89. The molecule has 0 aliphatic carbocycles. The Balaban J connectivity index is 0.000000136. The summed E-state index contributed by atoms with van der Waals surface area (Å²) in [6.07, 6.45) is 0. The lowest BCUT2D eigenvalue weighted by molar-refractivity contribution is 0.0600. The second-order valence-electron chi connectivity index (χ2n) is 3.79. The third-order valence-electron chi connectivity index (χ3n) is 2.52. The number of ether oxygens (including phenoxy) is 2. The molecule has 2 heterocycles. The second kappa shape index (κ2) is 5.87. The van der Waals surface area contributed by atoms with Gasteiger partial charge in [0.05, 0.1) is 12.7 Å². The topological polar surface area (TPSA) is 35.5 Å². The first-order chi connectivity index (χ1) is 8.79. The molecule has 0 N–H and O–H groups in total. The summed E-state index contributed by atoms with van der Waals surface area (Å²) in [5.41, 5.74) is 1.85. The van der Waals surface area contributed by atoms with E-state index in [1.165, 1.54) is 12.7 Å². The third kappa shape index (κ3) is 3.10. The maximum Gasteiger partial charge on any atom is 0.337 e. The number of esters is 1. The van der Waals surface area contributed by atoms with Crippen LogP contribution in [0.4, 0.5) is 0 Å². The van der Waals surface area contributed by atoms with Crippen molar-refractivity contribution in [1.82, 2.24) is 0 Å². The van der Waals surface area contributed by atoms with Crippen molar-refractivity contribution in [2.45, 2.75) is 6.61 Å². The minimum atomic E-state index is -0.291. The van der Waals surface area contributed by atoms with Gasteiger partial charge in [-0.25, -0.2) is 4.79 Å². The molecule has 18 heavy (non-hydrogen) atoms. The van der Waals surface area contributed by atoms with E-state index in [1.54, 1.807) is 24.3 Å². The summed E-state index contributed by atoms with van der Waals surface area (Å²) in [6, 6.07) is 17.0. The Bertz CT molecular complexity index is 480. The molecule has 3 nitrogen and oxygen atoms in total. The maximum absolute atomic E-state index is 10.8. The van der Waals surface area contributed by atoms with Gasteiger partial charge in [0, 0.05) is 0 Å². The molecule has 3 heteroatoms. The van der Waals surface area contributed by atoms with Crippen molar-refractivity contribution in [3.05, 3.63) is 65.7 Å². The third-order valence-corrected chi connectivity index (χ3v) is 2.52. The summed E-state index contributed by atoms with van der Waals surface area (Å²) in [4.78, 5) is 10.8. The van der Waals surface area contributed by atoms with Gasteiger partial charge in [0.2, 0.25) is 0 Å². The molecule has 0 fully saturated rings. The van der Waals surface area contributed by atoms with Gasteiger partial charge in [0.15, 0.2) is 0 Å². The highest BCUT2D eigenvalue weighted by atomic mass is 16.5. The molecule has 0 unspecified atom stereocenters. The standard InChI is InChI=1S/C8H8O2.C7H6O/c1-10-8(9)7-5-3-2-4-6-7;1-3-7-4-2-6(1)5-8-7/h2-6H,1H3;1-4H,5H2. The molecular weight excluding hydrogens is 228 g/mol. The molecule has 0 aromatic heterocycles. The average Bonchev–Trinajstić information content (AvgIpc) is 2.50. The van der Waals surface area contributed by atoms with Crippen LogP contribution in [0, 0.1) is 0 Å². The van der Waals surface area contributed by atoms with Gasteiger partial charge in [-0.2, -0.15) is 0 Å². The smallest absolute Gasteiger partial charge is 0.337 e. The largest absolute Gasteiger partial charge is 0.489 e. The zero-order valence-corrected chi connectivity index (χ0v) is 10.1. The van der Waals surface area contributed by atoms with Gasteiger partial charge in [-0.05, 0) is 29.8 Å². The molecule has 2 aromatic carbocycles. The Morgan fingerprint density at radius 3 is 2.06 bits per heavy atom. The Kier molecular flexibility index (Phi) is 3.97. The molecule has 4 rings (SSSR count). The predicted octanol–water partition coefficient (Wildman–Crippen LogP) is 3.05. The van der Waals surface area contributed by atoms with E-state index >= 15 is 0 Å². The normalized spacial score (nSPS) is 10.9. The molecule has 2 bridgehead atoms. The Morgan fingerprint density at radius 2 is 1.72 bits per heavy atom. The molecular formula is C15H14O3. The predicted molar refractivity (Wildman–Crippen MR) is 68.6 cm³/mol. The van der Waals surface area contributed by atoms with E-state index in [-0.39, 0.29) is 5.97 Å². The van der Waals surface area contributed by atoms with Crippen LogP contribution < -0.4 is 4.74 Å². The number of carbonyl (C=O) groups is 1. The maximum atomic E-state index is 10.8. The molecule has 2 aliphatic rings.